The second kappa shape index (κ2) is 5.53. The lowest BCUT2D eigenvalue weighted by Crippen LogP contribution is -2.09. The Hall–Kier alpha value is -1.77. The molecule has 0 unspecified atom stereocenters. The van der Waals surface area contributed by atoms with Crippen LogP contribution in [0.3, 0.4) is 0 Å². The normalized spacial score (nSPS) is 15.2. The molecule has 0 saturated carbocycles. The molecule has 1 N–H and O–H groups in total. The lowest BCUT2D eigenvalue weighted by molar-refractivity contribution is -0.139. The van der Waals surface area contributed by atoms with Crippen LogP contribution >= 0.6 is 0 Å². The van der Waals surface area contributed by atoms with Gasteiger partial charge in [-0.3, -0.25) is 0 Å². The molecule has 2 rings (SSSR count). The molecule has 0 spiro atoms. The minimum Gasteiger partial charge on any atom is -0.482 e. The van der Waals surface area contributed by atoms with Crippen LogP contribution < -0.4 is 4.74 Å². The lowest BCUT2D eigenvalue weighted by atomic mass is 9.94. The Bertz CT molecular complexity index is 435. The molecule has 1 aromatic carbocycles. The number of carboxylic acids is 1. The van der Waals surface area contributed by atoms with Crippen molar-refractivity contribution in [2.45, 2.75) is 25.7 Å². The summed E-state index contributed by atoms with van der Waals surface area (Å²) < 4.78 is 5.17. The third-order valence-corrected chi connectivity index (χ3v) is 2.86. The molecule has 0 radical (unpaired) electrons. The number of carbonyl (C=O) groups is 1. The first-order chi connectivity index (χ1) is 8.25. The third kappa shape index (κ3) is 3.34. The van der Waals surface area contributed by atoms with Crippen molar-refractivity contribution in [3.05, 3.63) is 35.9 Å². The van der Waals surface area contributed by atoms with Crippen LogP contribution in [-0.2, 0) is 4.79 Å². The number of benzene rings is 1. The number of ether oxygens (including phenoxy) is 1. The van der Waals surface area contributed by atoms with Crippen LogP contribution in [0, 0.1) is 0 Å². The maximum absolute atomic E-state index is 10.4. The Labute approximate surface area is 101 Å². The van der Waals surface area contributed by atoms with Gasteiger partial charge in [0.05, 0.1) is 0 Å². The molecule has 0 amide bonds. The average Bonchev–Trinajstić information content (AvgIpc) is 2.38. The van der Waals surface area contributed by atoms with Crippen LogP contribution in [0.2, 0.25) is 0 Å². The first-order valence-electron chi connectivity index (χ1n) is 5.90. The van der Waals surface area contributed by atoms with Gasteiger partial charge in [0.25, 0.3) is 0 Å². The highest BCUT2D eigenvalue weighted by Gasteiger charge is 2.07. The maximum atomic E-state index is 10.4. The van der Waals surface area contributed by atoms with E-state index in [0.29, 0.717) is 5.75 Å². The fraction of sp³-hybridized carbons (Fsp3) is 0.357. The van der Waals surface area contributed by atoms with Crippen LogP contribution in [0.15, 0.2) is 30.3 Å². The number of carboxylic acid groups (broad SMARTS) is 1. The topological polar surface area (TPSA) is 46.5 Å². The van der Waals surface area contributed by atoms with Gasteiger partial charge in [0.15, 0.2) is 6.61 Å². The quantitative estimate of drug-likeness (QED) is 0.867. The van der Waals surface area contributed by atoms with Crippen molar-refractivity contribution < 1.29 is 14.6 Å². The largest absolute Gasteiger partial charge is 0.482 e. The van der Waals surface area contributed by atoms with E-state index >= 15 is 0 Å². The van der Waals surface area contributed by atoms with E-state index < -0.39 is 5.97 Å². The lowest BCUT2D eigenvalue weighted by Gasteiger charge is -2.13. The van der Waals surface area contributed by atoms with E-state index in [9.17, 15) is 4.79 Å². The maximum Gasteiger partial charge on any atom is 0.341 e. The molecule has 0 aliphatic heterocycles. The van der Waals surface area contributed by atoms with Crippen molar-refractivity contribution in [1.29, 1.82) is 0 Å². The molecule has 0 fully saturated rings. The predicted octanol–water partition coefficient (Wildman–Crippen LogP) is 3.11. The van der Waals surface area contributed by atoms with Gasteiger partial charge in [-0.25, -0.2) is 4.79 Å². The smallest absolute Gasteiger partial charge is 0.341 e. The zero-order chi connectivity index (χ0) is 12.1. The van der Waals surface area contributed by atoms with Crippen LogP contribution in [0.1, 0.15) is 31.2 Å². The summed E-state index contributed by atoms with van der Waals surface area (Å²) in [6, 6.07) is 7.66. The molecular weight excluding hydrogens is 216 g/mol. The van der Waals surface area contributed by atoms with Gasteiger partial charge in [0.1, 0.15) is 5.75 Å². The summed E-state index contributed by atoms with van der Waals surface area (Å²) in [5, 5.41) is 8.56. The molecule has 0 bridgehead atoms. The number of hydrogen-bond donors (Lipinski definition) is 1. The van der Waals surface area contributed by atoms with Crippen molar-refractivity contribution in [2.24, 2.45) is 0 Å². The summed E-state index contributed by atoms with van der Waals surface area (Å²) >= 11 is 0. The van der Waals surface area contributed by atoms with Crippen molar-refractivity contribution in [3.8, 4) is 5.75 Å². The van der Waals surface area contributed by atoms with Gasteiger partial charge < -0.3 is 9.84 Å². The zero-order valence-electron chi connectivity index (χ0n) is 9.69. The van der Waals surface area contributed by atoms with Gasteiger partial charge in [-0.15, -0.1) is 0 Å². The first-order valence-corrected chi connectivity index (χ1v) is 5.90. The van der Waals surface area contributed by atoms with E-state index in [1.54, 1.807) is 6.07 Å². The number of rotatable bonds is 4. The second-order valence-corrected chi connectivity index (χ2v) is 4.19. The summed E-state index contributed by atoms with van der Waals surface area (Å²) in [4.78, 5) is 10.4. The van der Waals surface area contributed by atoms with Crippen LogP contribution in [0.5, 0.6) is 5.75 Å². The number of hydrogen-bond acceptors (Lipinski definition) is 2. The van der Waals surface area contributed by atoms with Crippen LogP contribution in [0.4, 0.5) is 0 Å². The summed E-state index contributed by atoms with van der Waals surface area (Å²) in [6.07, 6.45) is 6.99. The molecule has 17 heavy (non-hydrogen) atoms. The standard InChI is InChI=1S/C14H16O3/c15-14(16)10-17-13-8-4-7-12(9-13)11-5-2-1-3-6-11/h4-5,7-9H,1-3,6,10H2,(H,15,16). The minimum absolute atomic E-state index is 0.289. The monoisotopic (exact) mass is 232 g/mol. The van der Waals surface area contributed by atoms with Crippen molar-refractivity contribution in [1.82, 2.24) is 0 Å². The highest BCUT2D eigenvalue weighted by Crippen LogP contribution is 2.28. The zero-order valence-corrected chi connectivity index (χ0v) is 9.69. The fourth-order valence-corrected chi connectivity index (χ4v) is 2.03. The van der Waals surface area contributed by atoms with Crippen LogP contribution in [0.25, 0.3) is 5.57 Å². The highest BCUT2D eigenvalue weighted by molar-refractivity contribution is 5.69. The molecule has 0 aromatic heterocycles. The van der Waals surface area contributed by atoms with Crippen molar-refractivity contribution in [3.63, 3.8) is 0 Å². The molecule has 0 atom stereocenters. The molecule has 0 saturated heterocycles. The van der Waals surface area contributed by atoms with Crippen molar-refractivity contribution >= 4 is 11.5 Å². The molecule has 90 valence electrons. The third-order valence-electron chi connectivity index (χ3n) is 2.86. The highest BCUT2D eigenvalue weighted by atomic mass is 16.5. The summed E-state index contributed by atoms with van der Waals surface area (Å²) in [6.45, 7) is -0.289. The molecule has 0 heterocycles. The summed E-state index contributed by atoms with van der Waals surface area (Å²) in [7, 11) is 0. The molecular formula is C14H16O3. The second-order valence-electron chi connectivity index (χ2n) is 4.19. The molecule has 3 nitrogen and oxygen atoms in total. The average molecular weight is 232 g/mol. The first kappa shape index (κ1) is 11.7. The summed E-state index contributed by atoms with van der Waals surface area (Å²) in [5.41, 5.74) is 2.49. The predicted molar refractivity (Wildman–Crippen MR) is 66.0 cm³/mol. The molecule has 3 heteroatoms. The Balaban J connectivity index is 2.10. The van der Waals surface area contributed by atoms with E-state index in [-0.39, 0.29) is 6.61 Å². The van der Waals surface area contributed by atoms with E-state index in [1.807, 2.05) is 18.2 Å². The van der Waals surface area contributed by atoms with Gasteiger partial charge in [-0.1, -0.05) is 18.2 Å². The molecule has 1 aromatic rings. The molecule has 1 aliphatic rings. The van der Waals surface area contributed by atoms with E-state index in [4.69, 9.17) is 9.84 Å². The van der Waals surface area contributed by atoms with Gasteiger partial charge in [-0.2, -0.15) is 0 Å². The Morgan fingerprint density at radius 1 is 1.35 bits per heavy atom. The number of allylic oxidation sites excluding steroid dienone is 2. The Morgan fingerprint density at radius 3 is 2.94 bits per heavy atom. The van der Waals surface area contributed by atoms with Crippen LogP contribution in [-0.4, -0.2) is 17.7 Å². The van der Waals surface area contributed by atoms with Gasteiger partial charge in [0.2, 0.25) is 0 Å². The van der Waals surface area contributed by atoms with Gasteiger partial charge >= 0.3 is 5.97 Å². The minimum atomic E-state index is -0.952. The summed E-state index contributed by atoms with van der Waals surface area (Å²) in [5.74, 6) is -0.330. The Kier molecular flexibility index (Phi) is 3.81. The van der Waals surface area contributed by atoms with E-state index in [1.165, 1.54) is 18.4 Å². The van der Waals surface area contributed by atoms with E-state index in [0.717, 1.165) is 18.4 Å². The Morgan fingerprint density at radius 2 is 2.24 bits per heavy atom. The fourth-order valence-electron chi connectivity index (χ4n) is 2.03. The molecule has 1 aliphatic carbocycles. The number of aliphatic carboxylic acids is 1. The van der Waals surface area contributed by atoms with E-state index in [2.05, 4.69) is 6.08 Å². The van der Waals surface area contributed by atoms with Gasteiger partial charge in [-0.05, 0) is 49.0 Å². The SMILES string of the molecule is O=C(O)COc1cccc(C2=CCCCC2)c1. The van der Waals surface area contributed by atoms with Crippen molar-refractivity contribution in [2.75, 3.05) is 6.61 Å². The van der Waals surface area contributed by atoms with Gasteiger partial charge in [0, 0.05) is 0 Å².